The number of likely N-dealkylation sites (tertiary alicyclic amines) is 1. The maximum Gasteiger partial charge on any atom is 0.296 e. The maximum absolute atomic E-state index is 13.3. The Morgan fingerprint density at radius 3 is 2.50 bits per heavy atom. The summed E-state index contributed by atoms with van der Waals surface area (Å²) in [5, 5.41) is 11.3. The van der Waals surface area contributed by atoms with Crippen LogP contribution < -0.4 is 9.47 Å². The van der Waals surface area contributed by atoms with Gasteiger partial charge in [0.1, 0.15) is 17.3 Å². The van der Waals surface area contributed by atoms with Crippen molar-refractivity contribution in [2.45, 2.75) is 26.4 Å². The number of aliphatic hydroxyl groups excluding tert-OH is 1. The van der Waals surface area contributed by atoms with Crippen LogP contribution in [0.2, 0.25) is 0 Å². The molecule has 1 N–H and O–H groups in total. The molecule has 1 atom stereocenters. The second-order valence-electron chi connectivity index (χ2n) is 7.90. The molecule has 7 heteroatoms. The number of amides is 1. The second kappa shape index (κ2) is 9.79. The Bertz CT molecular complexity index is 1250. The Morgan fingerprint density at radius 1 is 1.06 bits per heavy atom. The SMILES string of the molecule is CCOc1ccc(/C(O)=C2\C(=O)C(=O)N(Cc3ccccn3)C2c2ccccc2OC)cc1C. The molecule has 4 rings (SSSR count). The summed E-state index contributed by atoms with van der Waals surface area (Å²) in [4.78, 5) is 32.2. The first-order valence-electron chi connectivity index (χ1n) is 11.0. The van der Waals surface area contributed by atoms with Crippen LogP contribution in [-0.2, 0) is 16.1 Å². The molecule has 0 bridgehead atoms. The fourth-order valence-corrected chi connectivity index (χ4v) is 4.19. The lowest BCUT2D eigenvalue weighted by Gasteiger charge is -2.26. The largest absolute Gasteiger partial charge is 0.507 e. The Morgan fingerprint density at radius 2 is 1.82 bits per heavy atom. The van der Waals surface area contributed by atoms with E-state index in [4.69, 9.17) is 9.47 Å². The molecule has 7 nitrogen and oxygen atoms in total. The number of methoxy groups -OCH3 is 1. The third-order valence-electron chi connectivity index (χ3n) is 5.78. The number of nitrogens with zero attached hydrogens (tertiary/aromatic N) is 2. The predicted octanol–water partition coefficient (Wildman–Crippen LogP) is 4.42. The summed E-state index contributed by atoms with van der Waals surface area (Å²) in [6, 6.07) is 16.9. The lowest BCUT2D eigenvalue weighted by molar-refractivity contribution is -0.140. The number of benzene rings is 2. The van der Waals surface area contributed by atoms with E-state index in [0.29, 0.717) is 34.9 Å². The standard InChI is InChI=1S/C27H26N2O5/c1-4-34-21-13-12-18(15-17(21)2)25(30)23-24(20-10-5-6-11-22(20)33-3)29(27(32)26(23)31)16-19-9-7-8-14-28-19/h5-15,24,30H,4,16H2,1-3H3/b25-23+. The minimum atomic E-state index is -0.843. The van der Waals surface area contributed by atoms with E-state index in [1.807, 2.05) is 26.0 Å². The molecular weight excluding hydrogens is 432 g/mol. The highest BCUT2D eigenvalue weighted by Gasteiger charge is 2.47. The lowest BCUT2D eigenvalue weighted by Crippen LogP contribution is -2.29. The predicted molar refractivity (Wildman–Crippen MR) is 127 cm³/mol. The first-order chi connectivity index (χ1) is 16.5. The van der Waals surface area contributed by atoms with Crippen molar-refractivity contribution in [3.63, 3.8) is 0 Å². The van der Waals surface area contributed by atoms with Crippen LogP contribution in [0.4, 0.5) is 0 Å². The quantitative estimate of drug-likeness (QED) is 0.320. The number of aliphatic hydroxyl groups is 1. The van der Waals surface area contributed by atoms with Gasteiger partial charge in [-0.1, -0.05) is 24.3 Å². The number of hydrogen-bond acceptors (Lipinski definition) is 6. The molecule has 0 aliphatic carbocycles. The first kappa shape index (κ1) is 23.0. The molecule has 2 aromatic carbocycles. The summed E-state index contributed by atoms with van der Waals surface area (Å²) in [5.74, 6) is -0.504. The molecule has 0 saturated carbocycles. The zero-order valence-corrected chi connectivity index (χ0v) is 19.3. The van der Waals surface area contributed by atoms with E-state index in [9.17, 15) is 14.7 Å². The van der Waals surface area contributed by atoms with Gasteiger partial charge < -0.3 is 19.5 Å². The van der Waals surface area contributed by atoms with Gasteiger partial charge in [-0.25, -0.2) is 0 Å². The zero-order valence-electron chi connectivity index (χ0n) is 19.3. The molecule has 0 radical (unpaired) electrons. The summed E-state index contributed by atoms with van der Waals surface area (Å²) in [7, 11) is 1.53. The molecular formula is C27H26N2O5. The third kappa shape index (κ3) is 4.24. The molecule has 1 amide bonds. The van der Waals surface area contributed by atoms with E-state index in [0.717, 1.165) is 5.56 Å². The summed E-state index contributed by atoms with van der Waals surface area (Å²) >= 11 is 0. The normalized spacial score (nSPS) is 17.1. The van der Waals surface area contributed by atoms with Crippen molar-refractivity contribution in [1.29, 1.82) is 0 Å². The Labute approximate surface area is 198 Å². The van der Waals surface area contributed by atoms with Gasteiger partial charge in [-0.2, -0.15) is 0 Å². The van der Waals surface area contributed by atoms with E-state index in [-0.39, 0.29) is 17.9 Å². The van der Waals surface area contributed by atoms with Gasteiger partial charge in [-0.05, 0) is 55.8 Å². The number of ketones is 1. The van der Waals surface area contributed by atoms with Crippen LogP contribution in [0, 0.1) is 6.92 Å². The van der Waals surface area contributed by atoms with E-state index < -0.39 is 17.7 Å². The van der Waals surface area contributed by atoms with E-state index in [1.54, 1.807) is 54.7 Å². The zero-order chi connectivity index (χ0) is 24.2. The molecule has 34 heavy (non-hydrogen) atoms. The van der Waals surface area contributed by atoms with Gasteiger partial charge in [0.2, 0.25) is 0 Å². The van der Waals surface area contributed by atoms with Gasteiger partial charge in [0.25, 0.3) is 11.7 Å². The van der Waals surface area contributed by atoms with E-state index in [2.05, 4.69) is 4.98 Å². The number of carbonyl (C=O) groups is 2. The third-order valence-corrected chi connectivity index (χ3v) is 5.78. The first-order valence-corrected chi connectivity index (χ1v) is 11.0. The number of ether oxygens (including phenoxy) is 2. The van der Waals surface area contributed by atoms with Crippen LogP contribution in [0.3, 0.4) is 0 Å². The Hall–Kier alpha value is -4.13. The van der Waals surface area contributed by atoms with E-state index in [1.165, 1.54) is 12.0 Å². The van der Waals surface area contributed by atoms with Crippen molar-refractivity contribution in [2.24, 2.45) is 0 Å². The van der Waals surface area contributed by atoms with E-state index >= 15 is 0 Å². The minimum absolute atomic E-state index is 0.00833. The van der Waals surface area contributed by atoms with Crippen molar-refractivity contribution >= 4 is 17.4 Å². The molecule has 2 heterocycles. The van der Waals surface area contributed by atoms with Crippen LogP contribution in [-0.4, -0.2) is 40.4 Å². The average molecular weight is 459 g/mol. The fourth-order valence-electron chi connectivity index (χ4n) is 4.19. The highest BCUT2D eigenvalue weighted by Crippen LogP contribution is 2.43. The summed E-state index contributed by atoms with van der Waals surface area (Å²) in [6.07, 6.45) is 1.63. The number of aryl methyl sites for hydroxylation is 1. The number of aromatic nitrogens is 1. The van der Waals surface area contributed by atoms with Gasteiger partial charge in [0.05, 0.1) is 37.6 Å². The van der Waals surface area contributed by atoms with Crippen molar-refractivity contribution < 1.29 is 24.2 Å². The molecule has 0 spiro atoms. The highest BCUT2D eigenvalue weighted by molar-refractivity contribution is 6.46. The topological polar surface area (TPSA) is 89.0 Å². The lowest BCUT2D eigenvalue weighted by atomic mass is 9.94. The molecule has 1 unspecified atom stereocenters. The van der Waals surface area contributed by atoms with Crippen LogP contribution in [0.5, 0.6) is 11.5 Å². The number of Topliss-reactive ketones (excluding diaryl/α,β-unsaturated/α-hetero) is 1. The molecule has 1 aromatic heterocycles. The van der Waals surface area contributed by atoms with Gasteiger partial charge in [-0.15, -0.1) is 0 Å². The van der Waals surface area contributed by atoms with Crippen LogP contribution in [0.15, 0.2) is 72.4 Å². The molecule has 1 fully saturated rings. The van der Waals surface area contributed by atoms with Crippen LogP contribution in [0.1, 0.15) is 35.3 Å². The fraction of sp³-hybridized carbons (Fsp3) is 0.222. The number of carbonyl (C=O) groups excluding carboxylic acids is 2. The average Bonchev–Trinajstić information content (AvgIpc) is 3.10. The highest BCUT2D eigenvalue weighted by atomic mass is 16.5. The molecule has 1 aliphatic heterocycles. The van der Waals surface area contributed by atoms with Crippen LogP contribution in [0.25, 0.3) is 5.76 Å². The summed E-state index contributed by atoms with van der Waals surface area (Å²) in [5.41, 5.74) is 2.47. The smallest absolute Gasteiger partial charge is 0.296 e. The molecule has 174 valence electrons. The molecule has 1 saturated heterocycles. The van der Waals surface area contributed by atoms with Gasteiger partial charge in [0.15, 0.2) is 0 Å². The maximum atomic E-state index is 13.3. The Balaban J connectivity index is 1.88. The van der Waals surface area contributed by atoms with Crippen molar-refractivity contribution in [3.8, 4) is 11.5 Å². The molecule has 3 aromatic rings. The van der Waals surface area contributed by atoms with Gasteiger partial charge in [-0.3, -0.25) is 14.6 Å². The summed E-state index contributed by atoms with van der Waals surface area (Å²) < 4.78 is 11.1. The monoisotopic (exact) mass is 458 g/mol. The van der Waals surface area contributed by atoms with Crippen molar-refractivity contribution in [3.05, 3.63) is 94.8 Å². The number of hydrogen-bond donors (Lipinski definition) is 1. The minimum Gasteiger partial charge on any atom is -0.507 e. The summed E-state index contributed by atoms with van der Waals surface area (Å²) in [6.45, 7) is 4.37. The second-order valence-corrected chi connectivity index (χ2v) is 7.90. The van der Waals surface area contributed by atoms with Crippen LogP contribution >= 0.6 is 0 Å². The van der Waals surface area contributed by atoms with Crippen molar-refractivity contribution in [2.75, 3.05) is 13.7 Å². The number of pyridine rings is 1. The Kier molecular flexibility index (Phi) is 6.63. The van der Waals surface area contributed by atoms with Crippen molar-refractivity contribution in [1.82, 2.24) is 9.88 Å². The molecule has 1 aliphatic rings. The van der Waals surface area contributed by atoms with Gasteiger partial charge in [0, 0.05) is 17.3 Å². The number of rotatable bonds is 7. The number of para-hydroxylation sites is 1. The van der Waals surface area contributed by atoms with Gasteiger partial charge >= 0.3 is 0 Å².